The van der Waals surface area contributed by atoms with Crippen LogP contribution in [0.2, 0.25) is 0 Å². The lowest BCUT2D eigenvalue weighted by atomic mass is 9.82. The topological polar surface area (TPSA) is 110 Å². The molecule has 4 aromatic rings. The zero-order chi connectivity index (χ0) is 26.1. The van der Waals surface area contributed by atoms with Crippen LogP contribution in [0.1, 0.15) is 67.2 Å². The Morgan fingerprint density at radius 1 is 1.03 bits per heavy atom. The maximum atomic E-state index is 9.26. The van der Waals surface area contributed by atoms with E-state index in [9.17, 15) is 5.26 Å². The van der Waals surface area contributed by atoms with E-state index < -0.39 is 0 Å². The number of hydrogen-bond acceptors (Lipinski definition) is 7. The highest BCUT2D eigenvalue weighted by atomic mass is 16.5. The monoisotopic (exact) mass is 508 g/mol. The van der Waals surface area contributed by atoms with Gasteiger partial charge in [0.1, 0.15) is 17.6 Å². The lowest BCUT2D eigenvalue weighted by Crippen LogP contribution is -2.27. The van der Waals surface area contributed by atoms with E-state index in [1.54, 1.807) is 31.6 Å². The fourth-order valence-corrected chi connectivity index (χ4v) is 6.23. The standard InChI is InChI=1S/C30H32N6O2/c1-37-25-16-22(9-10-24(25)38-23-8-4-5-19(15-23)17-31)27-26(20-11-13-33-14-12-20)28(21-6-2-3-7-21)36-29(27)30(32)34-18-35-36/h4-5,8-10,15-16,18,20-21,33H,2-3,6-7,11-14H2,1H3,(H2,32,34,35). The first-order valence-electron chi connectivity index (χ1n) is 13.4. The predicted octanol–water partition coefficient (Wildman–Crippen LogP) is 5.78. The zero-order valence-electron chi connectivity index (χ0n) is 21.6. The minimum Gasteiger partial charge on any atom is -0.493 e. The fourth-order valence-electron chi connectivity index (χ4n) is 6.23. The molecular weight excluding hydrogens is 476 g/mol. The number of methoxy groups -OCH3 is 1. The van der Waals surface area contributed by atoms with Gasteiger partial charge in [-0.3, -0.25) is 0 Å². The minimum atomic E-state index is 0.415. The Bertz CT molecular complexity index is 1510. The van der Waals surface area contributed by atoms with Gasteiger partial charge in [0.2, 0.25) is 0 Å². The van der Waals surface area contributed by atoms with Gasteiger partial charge in [0, 0.05) is 11.5 Å². The molecule has 38 heavy (non-hydrogen) atoms. The van der Waals surface area contributed by atoms with Gasteiger partial charge < -0.3 is 20.5 Å². The summed E-state index contributed by atoms with van der Waals surface area (Å²) in [5.41, 5.74) is 12.8. The Morgan fingerprint density at radius 3 is 2.61 bits per heavy atom. The quantitative estimate of drug-likeness (QED) is 0.340. The highest BCUT2D eigenvalue weighted by molar-refractivity contribution is 5.92. The summed E-state index contributed by atoms with van der Waals surface area (Å²) >= 11 is 0. The summed E-state index contributed by atoms with van der Waals surface area (Å²) in [7, 11) is 1.64. The molecule has 0 atom stereocenters. The lowest BCUT2D eigenvalue weighted by molar-refractivity contribution is 0.379. The molecule has 194 valence electrons. The molecule has 1 saturated carbocycles. The van der Waals surface area contributed by atoms with Gasteiger partial charge in [-0.2, -0.15) is 10.4 Å². The van der Waals surface area contributed by atoms with E-state index in [2.05, 4.69) is 27.0 Å². The van der Waals surface area contributed by atoms with E-state index in [-0.39, 0.29) is 0 Å². The van der Waals surface area contributed by atoms with Gasteiger partial charge in [-0.25, -0.2) is 9.50 Å². The molecule has 2 fully saturated rings. The van der Waals surface area contributed by atoms with Crippen molar-refractivity contribution in [1.82, 2.24) is 19.9 Å². The highest BCUT2D eigenvalue weighted by Crippen LogP contribution is 2.49. The molecule has 3 N–H and O–H groups in total. The van der Waals surface area contributed by atoms with Crippen molar-refractivity contribution in [3.8, 4) is 34.4 Å². The van der Waals surface area contributed by atoms with Crippen LogP contribution in [0.15, 0.2) is 48.8 Å². The third kappa shape index (κ3) is 4.33. The van der Waals surface area contributed by atoms with E-state index in [1.165, 1.54) is 36.9 Å². The number of hydrogen-bond donors (Lipinski definition) is 2. The van der Waals surface area contributed by atoms with E-state index in [0.717, 1.165) is 42.6 Å². The molecule has 0 radical (unpaired) electrons. The largest absolute Gasteiger partial charge is 0.493 e. The molecule has 0 spiro atoms. The summed E-state index contributed by atoms with van der Waals surface area (Å²) < 4.78 is 14.0. The average molecular weight is 509 g/mol. The normalized spacial score (nSPS) is 16.5. The second-order valence-corrected chi connectivity index (χ2v) is 10.2. The SMILES string of the molecule is COc1cc(-c2c(C3CCNCC3)c(C3CCCC3)n3ncnc(N)c23)ccc1Oc1cccc(C#N)c1. The molecule has 1 aliphatic heterocycles. The smallest absolute Gasteiger partial charge is 0.169 e. The number of nitrogens with zero attached hydrogens (tertiary/aromatic N) is 4. The number of nitrogen functional groups attached to an aromatic ring is 1. The maximum absolute atomic E-state index is 9.26. The van der Waals surface area contributed by atoms with Gasteiger partial charge in [-0.15, -0.1) is 0 Å². The molecular formula is C30H32N6O2. The number of ether oxygens (including phenoxy) is 2. The molecule has 0 bridgehead atoms. The second kappa shape index (κ2) is 10.3. The zero-order valence-corrected chi connectivity index (χ0v) is 21.6. The van der Waals surface area contributed by atoms with Crippen molar-refractivity contribution in [2.75, 3.05) is 25.9 Å². The van der Waals surface area contributed by atoms with Gasteiger partial charge in [0.05, 0.1) is 24.4 Å². The fraction of sp³-hybridized carbons (Fsp3) is 0.367. The van der Waals surface area contributed by atoms with Crippen molar-refractivity contribution < 1.29 is 9.47 Å². The average Bonchev–Trinajstić information content (AvgIpc) is 3.61. The molecule has 8 nitrogen and oxygen atoms in total. The number of nitrogens with one attached hydrogen (secondary N) is 1. The third-order valence-electron chi connectivity index (χ3n) is 7.96. The Labute approximate surface area is 222 Å². The molecule has 6 rings (SSSR count). The van der Waals surface area contributed by atoms with E-state index >= 15 is 0 Å². The van der Waals surface area contributed by atoms with Crippen molar-refractivity contribution in [3.05, 3.63) is 65.6 Å². The Kier molecular flexibility index (Phi) is 6.61. The van der Waals surface area contributed by atoms with Crippen molar-refractivity contribution in [2.45, 2.75) is 50.4 Å². The number of rotatable bonds is 6. The van der Waals surface area contributed by atoms with Crippen LogP contribution >= 0.6 is 0 Å². The molecule has 2 aliphatic rings. The molecule has 1 aliphatic carbocycles. The minimum absolute atomic E-state index is 0.415. The number of benzene rings is 2. The second-order valence-electron chi connectivity index (χ2n) is 10.2. The van der Waals surface area contributed by atoms with Crippen molar-refractivity contribution >= 4 is 11.3 Å². The third-order valence-corrected chi connectivity index (χ3v) is 7.96. The summed E-state index contributed by atoms with van der Waals surface area (Å²) in [6.45, 7) is 2.00. The summed E-state index contributed by atoms with van der Waals surface area (Å²) in [5, 5.41) is 17.5. The Morgan fingerprint density at radius 2 is 1.84 bits per heavy atom. The molecule has 0 unspecified atom stereocenters. The first-order valence-corrected chi connectivity index (χ1v) is 13.4. The Hall–Kier alpha value is -4.09. The van der Waals surface area contributed by atoms with Gasteiger partial charge in [0.15, 0.2) is 17.3 Å². The molecule has 8 heteroatoms. The number of aromatic nitrogens is 3. The highest BCUT2D eigenvalue weighted by Gasteiger charge is 2.34. The number of nitriles is 1. The summed E-state index contributed by atoms with van der Waals surface area (Å²) in [4.78, 5) is 4.40. The van der Waals surface area contributed by atoms with Gasteiger partial charge >= 0.3 is 0 Å². The predicted molar refractivity (Wildman–Crippen MR) is 147 cm³/mol. The molecule has 1 saturated heterocycles. The number of nitrogens with two attached hydrogens (primary N) is 1. The van der Waals surface area contributed by atoms with Crippen LogP contribution < -0.4 is 20.5 Å². The molecule has 3 heterocycles. The van der Waals surface area contributed by atoms with Gasteiger partial charge in [0.25, 0.3) is 0 Å². The number of fused-ring (bicyclic) bond motifs is 1. The van der Waals surface area contributed by atoms with Crippen molar-refractivity contribution in [3.63, 3.8) is 0 Å². The van der Waals surface area contributed by atoms with Crippen LogP contribution in [0.3, 0.4) is 0 Å². The van der Waals surface area contributed by atoms with Crippen molar-refractivity contribution in [1.29, 1.82) is 5.26 Å². The van der Waals surface area contributed by atoms with E-state index in [4.69, 9.17) is 20.3 Å². The lowest BCUT2D eigenvalue weighted by Gasteiger charge is -2.26. The molecule has 2 aromatic heterocycles. The van der Waals surface area contributed by atoms with Crippen LogP contribution in [0, 0.1) is 11.3 Å². The van der Waals surface area contributed by atoms with Crippen LogP contribution in [0.25, 0.3) is 16.6 Å². The van der Waals surface area contributed by atoms with Crippen molar-refractivity contribution in [2.24, 2.45) is 0 Å². The van der Waals surface area contributed by atoms with E-state index in [1.807, 2.05) is 18.2 Å². The molecule has 0 amide bonds. The van der Waals surface area contributed by atoms with Gasteiger partial charge in [-0.1, -0.05) is 25.0 Å². The van der Waals surface area contributed by atoms with Crippen LogP contribution in [0.5, 0.6) is 17.2 Å². The first-order chi connectivity index (χ1) is 18.7. The number of anilines is 1. The maximum Gasteiger partial charge on any atom is 0.169 e. The summed E-state index contributed by atoms with van der Waals surface area (Å²) in [6, 6.07) is 15.3. The van der Waals surface area contributed by atoms with Gasteiger partial charge in [-0.05, 0) is 86.1 Å². The number of piperidine rings is 1. The Balaban J connectivity index is 1.52. The van der Waals surface area contributed by atoms with Crippen LogP contribution in [-0.2, 0) is 0 Å². The first kappa shape index (κ1) is 24.3. The van der Waals surface area contributed by atoms with Crippen LogP contribution in [0.4, 0.5) is 5.82 Å². The van der Waals surface area contributed by atoms with Crippen LogP contribution in [-0.4, -0.2) is 34.8 Å². The van der Waals surface area contributed by atoms with E-state index in [0.29, 0.717) is 40.5 Å². The summed E-state index contributed by atoms with van der Waals surface area (Å²) in [6.07, 6.45) is 8.55. The summed E-state index contributed by atoms with van der Waals surface area (Å²) in [5.74, 6) is 3.14. The molecule has 2 aromatic carbocycles.